The Morgan fingerprint density at radius 3 is 1.33 bits per heavy atom. The number of hydrogen-bond acceptors (Lipinski definition) is 4. The van der Waals surface area contributed by atoms with E-state index in [2.05, 4.69) is 13.8 Å². The van der Waals surface area contributed by atoms with Crippen molar-refractivity contribution < 1.29 is 38.5 Å². The molecule has 0 saturated heterocycles. The van der Waals surface area contributed by atoms with Crippen LogP contribution in [-0.4, -0.2) is 62.9 Å². The molecule has 0 aromatic heterocycles. The van der Waals surface area contributed by atoms with Gasteiger partial charge >= 0.3 is 49.7 Å². The van der Waals surface area contributed by atoms with Crippen molar-refractivity contribution in [1.82, 2.24) is 0 Å². The monoisotopic (exact) mass is 496 g/mol. The summed E-state index contributed by atoms with van der Waals surface area (Å²) in [6, 6.07) is 6.74. The average Bonchev–Trinajstić information content (AvgIpc) is 2.72. The summed E-state index contributed by atoms with van der Waals surface area (Å²) in [5, 5.41) is 0. The summed E-state index contributed by atoms with van der Waals surface area (Å²) < 4.78 is 10.7. The van der Waals surface area contributed by atoms with Gasteiger partial charge in [0.15, 0.2) is 0 Å². The molecule has 0 aliphatic carbocycles. The van der Waals surface area contributed by atoms with E-state index in [4.69, 9.17) is 9.47 Å². The largest absolute Gasteiger partial charge is 0 e. The summed E-state index contributed by atoms with van der Waals surface area (Å²) in [7, 11) is 0. The molecule has 0 atom stereocenters. The number of carbonyl (C=O) groups is 2. The maximum atomic E-state index is 12.4. The molecule has 0 aliphatic rings. The van der Waals surface area contributed by atoms with Gasteiger partial charge in [-0.25, -0.2) is 9.59 Å². The number of rotatable bonds is 16. The van der Waals surface area contributed by atoms with Crippen molar-refractivity contribution in [2.75, 3.05) is 13.2 Å². The van der Waals surface area contributed by atoms with Crippen molar-refractivity contribution in [2.45, 2.75) is 90.9 Å². The molecule has 0 fully saturated rings. The molecule has 0 amide bonds. The Labute approximate surface area is 226 Å². The number of hydrogen-bond donors (Lipinski definition) is 0. The van der Waals surface area contributed by atoms with E-state index in [1.807, 2.05) is 0 Å². The van der Waals surface area contributed by atoms with Gasteiger partial charge in [0.2, 0.25) is 0 Å². The van der Waals surface area contributed by atoms with Crippen LogP contribution in [0.25, 0.3) is 0 Å². The van der Waals surface area contributed by atoms with Crippen LogP contribution < -0.4 is 0 Å². The fourth-order valence-electron chi connectivity index (χ4n) is 3.09. The molecule has 0 N–H and O–H groups in total. The summed E-state index contributed by atoms with van der Waals surface area (Å²) in [6.07, 6.45) is 13.6. The van der Waals surface area contributed by atoms with Crippen molar-refractivity contribution in [3.63, 3.8) is 0 Å². The van der Waals surface area contributed by atoms with E-state index in [9.17, 15) is 9.59 Å². The Kier molecular flexibility index (Phi) is 23.9. The Balaban J connectivity index is 0. The van der Waals surface area contributed by atoms with E-state index in [1.54, 1.807) is 24.3 Å². The molecule has 164 valence electrons. The number of carbonyl (C=O) groups excluding carboxylic acids is 2. The van der Waals surface area contributed by atoms with Crippen LogP contribution in [0, 0.1) is 0 Å². The number of ether oxygens (including phenoxy) is 2. The first kappa shape index (κ1) is 32.2. The third kappa shape index (κ3) is 14.9. The molecular weight excluding hydrogens is 458 g/mol. The zero-order valence-electron chi connectivity index (χ0n) is 18.5. The molecule has 0 unspecified atom stereocenters. The van der Waals surface area contributed by atoms with E-state index in [0.29, 0.717) is 24.3 Å². The smallest absolute Gasteiger partial charge is 0 e. The second kappa shape index (κ2) is 22.2. The minimum atomic E-state index is -0.444. The van der Waals surface area contributed by atoms with Crippen LogP contribution in [0.2, 0.25) is 0 Å². The zero-order valence-corrected chi connectivity index (χ0v) is 21.5. The van der Waals surface area contributed by atoms with Gasteiger partial charge < -0.3 is 9.47 Å². The van der Waals surface area contributed by atoms with Crippen molar-refractivity contribution in [3.8, 4) is 0 Å². The maximum absolute atomic E-state index is 12.4. The Morgan fingerprint density at radius 1 is 0.633 bits per heavy atom. The van der Waals surface area contributed by atoms with Gasteiger partial charge in [0.05, 0.1) is 24.3 Å². The van der Waals surface area contributed by atoms with Gasteiger partial charge in [-0.15, -0.1) is 0 Å². The SMILES string of the molecule is CCCCCCCCOC(=O)c1ccccc1C(=O)OCCCCCCCC.[CaH2].[Zn]. The van der Waals surface area contributed by atoms with Gasteiger partial charge in [-0.1, -0.05) is 90.2 Å². The van der Waals surface area contributed by atoms with Crippen LogP contribution in [-0.2, 0) is 29.0 Å². The maximum Gasteiger partial charge on any atom is 0 e. The predicted octanol–water partition coefficient (Wildman–Crippen LogP) is 5.80. The second-order valence-electron chi connectivity index (χ2n) is 7.35. The fraction of sp³-hybridized carbons (Fsp3) is 0.667. The van der Waals surface area contributed by atoms with E-state index in [1.165, 1.54) is 51.4 Å². The van der Waals surface area contributed by atoms with Gasteiger partial charge in [0.25, 0.3) is 0 Å². The van der Waals surface area contributed by atoms with Gasteiger partial charge in [-0.2, -0.15) is 0 Å². The third-order valence-electron chi connectivity index (χ3n) is 4.83. The molecule has 0 heterocycles. The molecule has 1 aromatic carbocycles. The first-order valence-electron chi connectivity index (χ1n) is 11.1. The predicted molar refractivity (Wildman–Crippen MR) is 122 cm³/mol. The van der Waals surface area contributed by atoms with E-state index in [0.717, 1.165) is 25.7 Å². The van der Waals surface area contributed by atoms with E-state index < -0.39 is 11.9 Å². The molecule has 6 heteroatoms. The van der Waals surface area contributed by atoms with Crippen LogP contribution in [0.5, 0.6) is 0 Å². The minimum absolute atomic E-state index is 0. The summed E-state index contributed by atoms with van der Waals surface area (Å²) in [4.78, 5) is 24.7. The first-order chi connectivity index (χ1) is 13.7. The van der Waals surface area contributed by atoms with E-state index in [-0.39, 0.29) is 57.2 Å². The summed E-state index contributed by atoms with van der Waals surface area (Å²) in [5.74, 6) is -0.888. The molecule has 30 heavy (non-hydrogen) atoms. The van der Waals surface area contributed by atoms with Gasteiger partial charge in [-0.3, -0.25) is 0 Å². The van der Waals surface area contributed by atoms with Crippen LogP contribution in [0.15, 0.2) is 24.3 Å². The third-order valence-corrected chi connectivity index (χ3v) is 4.83. The molecular formula is C24H40CaO4Zn. The Bertz CT molecular complexity index is 517. The van der Waals surface area contributed by atoms with Crippen molar-refractivity contribution >= 4 is 49.7 Å². The Hall–Kier alpha value is 0.0431. The van der Waals surface area contributed by atoms with Crippen LogP contribution in [0.1, 0.15) is 112 Å². The molecule has 0 bridgehead atoms. The van der Waals surface area contributed by atoms with Crippen molar-refractivity contribution in [1.29, 1.82) is 0 Å². The standard InChI is InChI=1S/C24H38O4.Ca.Zn.2H/c1-3-5-7-9-11-15-19-27-23(25)21-17-13-14-18-22(21)24(26)28-20-16-12-10-8-6-4-2;;;;/h13-14,17-18H,3-12,15-16,19-20H2,1-2H3;;;;. The van der Waals surface area contributed by atoms with E-state index >= 15 is 0 Å². The molecule has 0 aliphatic heterocycles. The first-order valence-corrected chi connectivity index (χ1v) is 11.1. The van der Waals surface area contributed by atoms with Crippen molar-refractivity contribution in [3.05, 3.63) is 35.4 Å². The summed E-state index contributed by atoms with van der Waals surface area (Å²) >= 11 is 0. The van der Waals surface area contributed by atoms with Gasteiger partial charge in [0, 0.05) is 19.5 Å². The second-order valence-corrected chi connectivity index (χ2v) is 7.35. The summed E-state index contributed by atoms with van der Waals surface area (Å²) in [6.45, 7) is 5.17. The van der Waals surface area contributed by atoms with Gasteiger partial charge in [0.1, 0.15) is 0 Å². The Morgan fingerprint density at radius 2 is 0.967 bits per heavy atom. The zero-order chi connectivity index (χ0) is 20.5. The fourth-order valence-corrected chi connectivity index (χ4v) is 3.09. The van der Waals surface area contributed by atoms with Crippen LogP contribution in [0.4, 0.5) is 0 Å². The van der Waals surface area contributed by atoms with Crippen molar-refractivity contribution in [2.24, 2.45) is 0 Å². The number of unbranched alkanes of at least 4 members (excludes halogenated alkanes) is 10. The average molecular weight is 498 g/mol. The quantitative estimate of drug-likeness (QED) is 0.164. The normalized spacial score (nSPS) is 9.93. The molecule has 0 spiro atoms. The van der Waals surface area contributed by atoms with Gasteiger partial charge in [-0.05, 0) is 25.0 Å². The number of benzene rings is 1. The topological polar surface area (TPSA) is 52.6 Å². The number of esters is 2. The molecule has 1 aromatic rings. The minimum Gasteiger partial charge on any atom is 0 e. The molecule has 0 radical (unpaired) electrons. The summed E-state index contributed by atoms with van der Waals surface area (Å²) in [5.41, 5.74) is 0.586. The van der Waals surface area contributed by atoms with Crippen LogP contribution >= 0.6 is 0 Å². The molecule has 4 nitrogen and oxygen atoms in total. The molecule has 1 rings (SSSR count). The van der Waals surface area contributed by atoms with Crippen LogP contribution in [0.3, 0.4) is 0 Å². The molecule has 0 saturated carbocycles.